The lowest BCUT2D eigenvalue weighted by molar-refractivity contribution is 0.622. The van der Waals surface area contributed by atoms with E-state index in [0.29, 0.717) is 6.54 Å². The van der Waals surface area contributed by atoms with E-state index in [9.17, 15) is 0 Å². The lowest BCUT2D eigenvalue weighted by Crippen LogP contribution is -2.18. The number of para-hydroxylation sites is 2. The molecule has 4 heteroatoms. The molecule has 0 aliphatic heterocycles. The van der Waals surface area contributed by atoms with Crippen LogP contribution >= 0.6 is 0 Å². The predicted octanol–water partition coefficient (Wildman–Crippen LogP) is 2.25. The Morgan fingerprint density at radius 1 is 1.20 bits per heavy atom. The number of fused-ring (bicyclic) bond motifs is 1. The van der Waals surface area contributed by atoms with Gasteiger partial charge in [0.2, 0.25) is 0 Å². The number of imidazole rings is 1. The Morgan fingerprint density at radius 2 is 2.05 bits per heavy atom. The number of aryl methyl sites for hydroxylation is 1. The molecule has 0 radical (unpaired) electrons. The Labute approximate surface area is 118 Å². The van der Waals surface area contributed by atoms with E-state index < -0.39 is 0 Å². The van der Waals surface area contributed by atoms with Crippen LogP contribution in [0.25, 0.3) is 11.0 Å². The first-order valence-corrected chi connectivity index (χ1v) is 6.80. The SMILES string of the molecule is Cn1c(C(CN)Cc2cccnc2)nc2ccccc21. The third-order valence-corrected chi connectivity index (χ3v) is 3.68. The zero-order valence-corrected chi connectivity index (χ0v) is 11.5. The summed E-state index contributed by atoms with van der Waals surface area (Å²) in [4.78, 5) is 8.91. The highest BCUT2D eigenvalue weighted by atomic mass is 15.1. The van der Waals surface area contributed by atoms with Crippen LogP contribution < -0.4 is 5.73 Å². The van der Waals surface area contributed by atoms with Crippen molar-refractivity contribution in [2.75, 3.05) is 6.54 Å². The maximum atomic E-state index is 5.97. The first-order valence-electron chi connectivity index (χ1n) is 6.80. The van der Waals surface area contributed by atoms with Gasteiger partial charge in [-0.05, 0) is 30.2 Å². The first kappa shape index (κ1) is 12.8. The molecule has 1 atom stereocenters. The van der Waals surface area contributed by atoms with Gasteiger partial charge in [-0.3, -0.25) is 4.98 Å². The smallest absolute Gasteiger partial charge is 0.114 e. The molecule has 3 rings (SSSR count). The molecular weight excluding hydrogens is 248 g/mol. The maximum absolute atomic E-state index is 5.97. The number of rotatable bonds is 4. The van der Waals surface area contributed by atoms with Crippen molar-refractivity contribution < 1.29 is 0 Å². The molecule has 0 saturated heterocycles. The molecule has 0 spiro atoms. The van der Waals surface area contributed by atoms with Crippen molar-refractivity contribution in [3.05, 3.63) is 60.2 Å². The summed E-state index contributed by atoms with van der Waals surface area (Å²) in [6.45, 7) is 0.575. The predicted molar refractivity (Wildman–Crippen MR) is 80.5 cm³/mol. The van der Waals surface area contributed by atoms with Gasteiger partial charge in [-0.2, -0.15) is 0 Å². The topological polar surface area (TPSA) is 56.7 Å². The Morgan fingerprint density at radius 3 is 2.75 bits per heavy atom. The van der Waals surface area contributed by atoms with Gasteiger partial charge in [-0.1, -0.05) is 18.2 Å². The van der Waals surface area contributed by atoms with Gasteiger partial charge in [0.15, 0.2) is 0 Å². The van der Waals surface area contributed by atoms with E-state index >= 15 is 0 Å². The summed E-state index contributed by atoms with van der Waals surface area (Å²) >= 11 is 0. The van der Waals surface area contributed by atoms with E-state index in [1.807, 2.05) is 30.5 Å². The fourth-order valence-electron chi connectivity index (χ4n) is 2.61. The molecule has 0 aliphatic rings. The fraction of sp³-hybridized carbons (Fsp3) is 0.250. The van der Waals surface area contributed by atoms with Crippen molar-refractivity contribution in [1.29, 1.82) is 0 Å². The van der Waals surface area contributed by atoms with Crippen molar-refractivity contribution in [3.63, 3.8) is 0 Å². The average Bonchev–Trinajstić information content (AvgIpc) is 2.83. The molecule has 2 N–H and O–H groups in total. The highest BCUT2D eigenvalue weighted by Gasteiger charge is 2.17. The van der Waals surface area contributed by atoms with Crippen molar-refractivity contribution >= 4 is 11.0 Å². The van der Waals surface area contributed by atoms with E-state index in [4.69, 9.17) is 10.7 Å². The van der Waals surface area contributed by atoms with Crippen molar-refractivity contribution in [3.8, 4) is 0 Å². The van der Waals surface area contributed by atoms with Crippen LogP contribution in [0.15, 0.2) is 48.8 Å². The van der Waals surface area contributed by atoms with Crippen LogP contribution in [0.4, 0.5) is 0 Å². The van der Waals surface area contributed by atoms with Crippen LogP contribution in [-0.2, 0) is 13.5 Å². The first-order chi connectivity index (χ1) is 9.79. The van der Waals surface area contributed by atoms with Gasteiger partial charge in [0, 0.05) is 31.9 Å². The molecule has 2 aromatic heterocycles. The zero-order chi connectivity index (χ0) is 13.9. The zero-order valence-electron chi connectivity index (χ0n) is 11.5. The minimum absolute atomic E-state index is 0.205. The van der Waals surface area contributed by atoms with Gasteiger partial charge in [0.05, 0.1) is 11.0 Å². The van der Waals surface area contributed by atoms with Gasteiger partial charge in [0.25, 0.3) is 0 Å². The summed E-state index contributed by atoms with van der Waals surface area (Å²) in [6, 6.07) is 12.2. The highest BCUT2D eigenvalue weighted by Crippen LogP contribution is 2.23. The van der Waals surface area contributed by atoms with Crippen LogP contribution in [0.3, 0.4) is 0 Å². The Bertz CT molecular complexity index is 703. The van der Waals surface area contributed by atoms with E-state index in [1.54, 1.807) is 6.20 Å². The molecule has 1 unspecified atom stereocenters. The monoisotopic (exact) mass is 266 g/mol. The van der Waals surface area contributed by atoms with Crippen LogP contribution in [0, 0.1) is 0 Å². The van der Waals surface area contributed by atoms with Crippen molar-refractivity contribution in [2.24, 2.45) is 12.8 Å². The van der Waals surface area contributed by atoms with E-state index in [-0.39, 0.29) is 5.92 Å². The minimum Gasteiger partial charge on any atom is -0.331 e. The summed E-state index contributed by atoms with van der Waals surface area (Å²) < 4.78 is 2.14. The number of benzene rings is 1. The molecule has 3 aromatic rings. The van der Waals surface area contributed by atoms with E-state index in [2.05, 4.69) is 28.7 Å². The molecule has 0 saturated carbocycles. The Hall–Kier alpha value is -2.20. The van der Waals surface area contributed by atoms with Gasteiger partial charge in [-0.25, -0.2) is 4.98 Å². The maximum Gasteiger partial charge on any atom is 0.114 e. The highest BCUT2D eigenvalue weighted by molar-refractivity contribution is 5.75. The second-order valence-electron chi connectivity index (χ2n) is 5.02. The summed E-state index contributed by atoms with van der Waals surface area (Å²) in [5.74, 6) is 1.24. The summed E-state index contributed by atoms with van der Waals surface area (Å²) in [6.07, 6.45) is 4.54. The largest absolute Gasteiger partial charge is 0.331 e. The van der Waals surface area contributed by atoms with Crippen LogP contribution in [0.2, 0.25) is 0 Å². The lowest BCUT2D eigenvalue weighted by Gasteiger charge is -2.14. The number of nitrogens with two attached hydrogens (primary N) is 1. The third kappa shape index (κ3) is 2.30. The number of nitrogens with zero attached hydrogens (tertiary/aromatic N) is 3. The fourth-order valence-corrected chi connectivity index (χ4v) is 2.61. The third-order valence-electron chi connectivity index (χ3n) is 3.68. The number of hydrogen-bond acceptors (Lipinski definition) is 3. The van der Waals surface area contributed by atoms with Gasteiger partial charge >= 0.3 is 0 Å². The van der Waals surface area contributed by atoms with E-state index in [1.165, 1.54) is 5.56 Å². The molecular formula is C16H18N4. The molecule has 2 heterocycles. The second kappa shape index (κ2) is 5.43. The summed E-state index contributed by atoms with van der Waals surface area (Å²) in [7, 11) is 2.05. The molecule has 4 nitrogen and oxygen atoms in total. The number of pyridine rings is 1. The molecule has 0 aliphatic carbocycles. The van der Waals surface area contributed by atoms with Gasteiger partial charge in [0.1, 0.15) is 5.82 Å². The van der Waals surface area contributed by atoms with Crippen LogP contribution in [0.5, 0.6) is 0 Å². The molecule has 0 amide bonds. The number of aromatic nitrogens is 3. The summed E-state index contributed by atoms with van der Waals surface area (Å²) in [5.41, 5.74) is 9.33. The molecule has 20 heavy (non-hydrogen) atoms. The Kier molecular flexibility index (Phi) is 3.48. The average molecular weight is 266 g/mol. The van der Waals surface area contributed by atoms with Crippen molar-refractivity contribution in [2.45, 2.75) is 12.3 Å². The lowest BCUT2D eigenvalue weighted by atomic mass is 10.00. The molecule has 0 fully saturated rings. The summed E-state index contributed by atoms with van der Waals surface area (Å²) in [5, 5.41) is 0. The molecule has 102 valence electrons. The minimum atomic E-state index is 0.205. The van der Waals surface area contributed by atoms with Crippen LogP contribution in [-0.4, -0.2) is 21.1 Å². The molecule has 0 bridgehead atoms. The number of hydrogen-bond donors (Lipinski definition) is 1. The normalized spacial score (nSPS) is 12.7. The van der Waals surface area contributed by atoms with Crippen LogP contribution in [0.1, 0.15) is 17.3 Å². The standard InChI is InChI=1S/C16H18N4/c1-20-15-7-3-2-6-14(15)19-16(20)13(10-17)9-12-5-4-8-18-11-12/h2-8,11,13H,9-10,17H2,1H3. The van der Waals surface area contributed by atoms with Gasteiger partial charge < -0.3 is 10.3 Å². The molecule has 1 aromatic carbocycles. The quantitative estimate of drug-likeness (QED) is 0.788. The van der Waals surface area contributed by atoms with Crippen molar-refractivity contribution in [1.82, 2.24) is 14.5 Å². The van der Waals surface area contributed by atoms with E-state index in [0.717, 1.165) is 23.3 Å². The second-order valence-corrected chi connectivity index (χ2v) is 5.02. The van der Waals surface area contributed by atoms with Gasteiger partial charge in [-0.15, -0.1) is 0 Å². The Balaban J connectivity index is 1.97.